The van der Waals surface area contributed by atoms with Crippen LogP contribution in [0.25, 0.3) is 0 Å². The Morgan fingerprint density at radius 1 is 1.45 bits per heavy atom. The third-order valence-corrected chi connectivity index (χ3v) is 2.78. The van der Waals surface area contributed by atoms with Gasteiger partial charge in [0.15, 0.2) is 5.84 Å². The van der Waals surface area contributed by atoms with Crippen molar-refractivity contribution in [3.63, 3.8) is 0 Å². The van der Waals surface area contributed by atoms with Gasteiger partial charge < -0.3 is 20.7 Å². The van der Waals surface area contributed by atoms with Crippen molar-refractivity contribution in [2.45, 2.75) is 26.4 Å². The van der Waals surface area contributed by atoms with Crippen LogP contribution >= 0.6 is 0 Å². The second-order valence-electron chi connectivity index (χ2n) is 4.17. The SMILES string of the molecule is CCc1cnc(CNCc2cccnc2/C(N)=N/O)o1. The van der Waals surface area contributed by atoms with Crippen molar-refractivity contribution in [3.8, 4) is 0 Å². The number of pyridine rings is 1. The van der Waals surface area contributed by atoms with Gasteiger partial charge in [-0.1, -0.05) is 18.1 Å². The number of rotatable bonds is 6. The molecule has 20 heavy (non-hydrogen) atoms. The fourth-order valence-electron chi connectivity index (χ4n) is 1.76. The van der Waals surface area contributed by atoms with Gasteiger partial charge in [-0.25, -0.2) is 4.98 Å². The standard InChI is InChI=1S/C13H17N5O2/c1-2-10-7-17-11(20-10)8-15-6-9-4-3-5-16-12(9)13(14)18-19/h3-5,7,15,19H,2,6,8H2,1H3,(H2,14,18). The Kier molecular flexibility index (Phi) is 4.67. The van der Waals surface area contributed by atoms with E-state index in [0.29, 0.717) is 24.7 Å². The number of oxazole rings is 1. The molecule has 0 spiro atoms. The third-order valence-electron chi connectivity index (χ3n) is 2.78. The van der Waals surface area contributed by atoms with E-state index in [2.05, 4.69) is 20.4 Å². The fourth-order valence-corrected chi connectivity index (χ4v) is 1.76. The zero-order chi connectivity index (χ0) is 14.4. The number of oxime groups is 1. The summed E-state index contributed by atoms with van der Waals surface area (Å²) in [6.45, 7) is 3.03. The van der Waals surface area contributed by atoms with E-state index in [4.69, 9.17) is 15.4 Å². The molecule has 0 aliphatic rings. The van der Waals surface area contributed by atoms with Crippen molar-refractivity contribution in [3.05, 3.63) is 47.4 Å². The van der Waals surface area contributed by atoms with Crippen LogP contribution < -0.4 is 11.1 Å². The number of hydrogen-bond acceptors (Lipinski definition) is 6. The molecule has 0 aliphatic carbocycles. The summed E-state index contributed by atoms with van der Waals surface area (Å²) in [5.74, 6) is 1.49. The summed E-state index contributed by atoms with van der Waals surface area (Å²) in [5.41, 5.74) is 6.88. The molecule has 7 heteroatoms. The third kappa shape index (κ3) is 3.33. The van der Waals surface area contributed by atoms with Crippen molar-refractivity contribution in [2.75, 3.05) is 0 Å². The number of nitrogens with zero attached hydrogens (tertiary/aromatic N) is 3. The molecule has 0 aliphatic heterocycles. The van der Waals surface area contributed by atoms with Crippen molar-refractivity contribution in [1.29, 1.82) is 0 Å². The van der Waals surface area contributed by atoms with Crippen molar-refractivity contribution in [1.82, 2.24) is 15.3 Å². The quantitative estimate of drug-likeness (QED) is 0.314. The van der Waals surface area contributed by atoms with Gasteiger partial charge in [-0.05, 0) is 11.6 Å². The minimum Gasteiger partial charge on any atom is -0.444 e. The summed E-state index contributed by atoms with van der Waals surface area (Å²) in [6.07, 6.45) is 4.14. The van der Waals surface area contributed by atoms with Gasteiger partial charge in [-0.2, -0.15) is 0 Å². The largest absolute Gasteiger partial charge is 0.444 e. The van der Waals surface area contributed by atoms with Crippen LogP contribution in [0.4, 0.5) is 0 Å². The molecule has 2 aromatic rings. The highest BCUT2D eigenvalue weighted by Crippen LogP contribution is 2.07. The molecule has 2 heterocycles. The van der Waals surface area contributed by atoms with Gasteiger partial charge in [-0.15, -0.1) is 0 Å². The van der Waals surface area contributed by atoms with E-state index >= 15 is 0 Å². The Labute approximate surface area is 116 Å². The second kappa shape index (κ2) is 6.67. The minimum absolute atomic E-state index is 0.00760. The Morgan fingerprint density at radius 3 is 3.00 bits per heavy atom. The minimum atomic E-state index is -0.00760. The topological polar surface area (TPSA) is 110 Å². The van der Waals surface area contributed by atoms with Crippen molar-refractivity contribution < 1.29 is 9.62 Å². The van der Waals surface area contributed by atoms with E-state index in [1.165, 1.54) is 0 Å². The predicted molar refractivity (Wildman–Crippen MR) is 73.2 cm³/mol. The van der Waals surface area contributed by atoms with E-state index in [0.717, 1.165) is 17.7 Å². The van der Waals surface area contributed by atoms with Crippen LogP contribution in [0, 0.1) is 0 Å². The number of nitrogens with one attached hydrogen (secondary N) is 1. The van der Waals surface area contributed by atoms with E-state index in [-0.39, 0.29) is 5.84 Å². The highest BCUT2D eigenvalue weighted by molar-refractivity contribution is 5.96. The average molecular weight is 275 g/mol. The van der Waals surface area contributed by atoms with Crippen molar-refractivity contribution >= 4 is 5.84 Å². The fraction of sp³-hybridized carbons (Fsp3) is 0.308. The first-order valence-corrected chi connectivity index (χ1v) is 6.30. The zero-order valence-corrected chi connectivity index (χ0v) is 11.2. The summed E-state index contributed by atoms with van der Waals surface area (Å²) in [7, 11) is 0. The lowest BCUT2D eigenvalue weighted by atomic mass is 10.2. The molecule has 0 amide bonds. The molecule has 0 atom stereocenters. The summed E-state index contributed by atoms with van der Waals surface area (Å²) in [5, 5.41) is 14.9. The molecule has 2 aromatic heterocycles. The molecule has 0 bridgehead atoms. The average Bonchev–Trinajstić information content (AvgIpc) is 2.95. The maximum atomic E-state index is 8.72. The summed E-state index contributed by atoms with van der Waals surface area (Å²) >= 11 is 0. The van der Waals surface area contributed by atoms with Gasteiger partial charge in [0, 0.05) is 19.2 Å². The van der Waals surface area contributed by atoms with Gasteiger partial charge in [0.2, 0.25) is 5.89 Å². The van der Waals surface area contributed by atoms with E-state index < -0.39 is 0 Å². The molecule has 4 N–H and O–H groups in total. The van der Waals surface area contributed by atoms with Crippen LogP contribution in [-0.4, -0.2) is 21.0 Å². The molecule has 0 saturated carbocycles. The molecule has 0 fully saturated rings. The van der Waals surface area contributed by atoms with E-state index in [1.807, 2.05) is 13.0 Å². The summed E-state index contributed by atoms with van der Waals surface area (Å²) in [6, 6.07) is 3.66. The van der Waals surface area contributed by atoms with E-state index in [9.17, 15) is 0 Å². The number of nitrogens with two attached hydrogens (primary N) is 1. The normalized spacial score (nSPS) is 11.8. The van der Waals surface area contributed by atoms with Gasteiger partial charge >= 0.3 is 0 Å². The molecule has 106 valence electrons. The van der Waals surface area contributed by atoms with Gasteiger partial charge in [0.25, 0.3) is 0 Å². The molecule has 0 unspecified atom stereocenters. The molecule has 0 aromatic carbocycles. The first kappa shape index (κ1) is 14.0. The number of hydrogen-bond donors (Lipinski definition) is 3. The lowest BCUT2D eigenvalue weighted by Crippen LogP contribution is -2.21. The van der Waals surface area contributed by atoms with Gasteiger partial charge in [0.1, 0.15) is 11.5 Å². The Morgan fingerprint density at radius 2 is 2.30 bits per heavy atom. The lowest BCUT2D eigenvalue weighted by Gasteiger charge is -2.07. The van der Waals surface area contributed by atoms with Gasteiger partial charge in [-0.3, -0.25) is 4.98 Å². The summed E-state index contributed by atoms with van der Waals surface area (Å²) < 4.78 is 5.49. The Bertz CT molecular complexity index is 594. The molecular formula is C13H17N5O2. The van der Waals surface area contributed by atoms with Gasteiger partial charge in [0.05, 0.1) is 12.7 Å². The molecule has 2 rings (SSSR count). The van der Waals surface area contributed by atoms with Crippen LogP contribution in [0.2, 0.25) is 0 Å². The first-order chi connectivity index (χ1) is 9.74. The number of aromatic nitrogens is 2. The van der Waals surface area contributed by atoms with Crippen LogP contribution in [0.5, 0.6) is 0 Å². The Balaban J connectivity index is 1.97. The molecular weight excluding hydrogens is 258 g/mol. The van der Waals surface area contributed by atoms with Crippen LogP contribution in [-0.2, 0) is 19.5 Å². The molecule has 0 saturated heterocycles. The van der Waals surface area contributed by atoms with E-state index in [1.54, 1.807) is 18.5 Å². The maximum Gasteiger partial charge on any atom is 0.208 e. The monoisotopic (exact) mass is 275 g/mol. The lowest BCUT2D eigenvalue weighted by molar-refractivity contribution is 0.318. The van der Waals surface area contributed by atoms with Crippen LogP contribution in [0.3, 0.4) is 0 Å². The maximum absolute atomic E-state index is 8.72. The number of aryl methyl sites for hydroxylation is 1. The number of amidine groups is 1. The molecule has 0 radical (unpaired) electrons. The highest BCUT2D eigenvalue weighted by atomic mass is 16.4. The summed E-state index contributed by atoms with van der Waals surface area (Å²) in [4.78, 5) is 8.26. The Hall–Kier alpha value is -2.41. The molecule has 7 nitrogen and oxygen atoms in total. The smallest absolute Gasteiger partial charge is 0.208 e. The van der Waals surface area contributed by atoms with Crippen molar-refractivity contribution in [2.24, 2.45) is 10.9 Å². The predicted octanol–water partition coefficient (Wildman–Crippen LogP) is 1.02. The van der Waals surface area contributed by atoms with Crippen LogP contribution in [0.1, 0.15) is 29.8 Å². The second-order valence-corrected chi connectivity index (χ2v) is 4.17. The zero-order valence-electron chi connectivity index (χ0n) is 11.2. The first-order valence-electron chi connectivity index (χ1n) is 6.30. The van der Waals surface area contributed by atoms with Crippen LogP contribution in [0.15, 0.2) is 34.1 Å². The highest BCUT2D eigenvalue weighted by Gasteiger charge is 2.08.